The van der Waals surface area contributed by atoms with E-state index in [1.165, 1.54) is 24.9 Å². The SMILES string of the molecule is COc1cc(/C=C2/SC(N3CCNCC3C)=NC2=O)ccc1OCc1ccc(C(F)(F)F)cc1C(F)(F)F. The highest BCUT2D eigenvalue weighted by Crippen LogP contribution is 2.39. The van der Waals surface area contributed by atoms with E-state index in [1.54, 1.807) is 18.2 Å². The molecule has 2 aromatic rings. The van der Waals surface area contributed by atoms with Crippen molar-refractivity contribution in [3.63, 3.8) is 0 Å². The Balaban J connectivity index is 1.50. The molecule has 0 saturated carbocycles. The fourth-order valence-electron chi connectivity index (χ4n) is 3.99. The summed E-state index contributed by atoms with van der Waals surface area (Å²) in [6.07, 6.45) is -8.30. The number of rotatable bonds is 5. The number of piperazine rings is 1. The zero-order chi connectivity index (χ0) is 27.7. The lowest BCUT2D eigenvalue weighted by Gasteiger charge is -2.34. The molecule has 6 nitrogen and oxygen atoms in total. The fourth-order valence-corrected chi connectivity index (χ4v) is 5.03. The maximum atomic E-state index is 13.4. The van der Waals surface area contributed by atoms with Crippen LogP contribution in [0.5, 0.6) is 11.5 Å². The molecule has 1 saturated heterocycles. The molecule has 38 heavy (non-hydrogen) atoms. The zero-order valence-electron chi connectivity index (χ0n) is 20.2. The molecule has 0 aromatic heterocycles. The number of carbonyl (C=O) groups excluding carboxylic acids is 1. The van der Waals surface area contributed by atoms with Crippen molar-refractivity contribution < 1.29 is 40.6 Å². The first kappa shape index (κ1) is 27.8. The highest BCUT2D eigenvalue weighted by atomic mass is 32.2. The van der Waals surface area contributed by atoms with Crippen molar-refractivity contribution in [1.82, 2.24) is 10.2 Å². The summed E-state index contributed by atoms with van der Waals surface area (Å²) in [5.74, 6) is -0.121. The standard InChI is InChI=1S/C25H23F6N3O3S/c1-14-12-32-7-8-34(14)23-33-22(35)21(38-23)10-15-3-6-19(20(9-15)36-2)37-13-16-4-5-17(24(26,27)28)11-18(16)25(29,30)31/h3-6,9-11,14,32H,7-8,12-13H2,1-2H3/b21-10+. The van der Waals surface area contributed by atoms with Gasteiger partial charge in [0, 0.05) is 31.2 Å². The maximum Gasteiger partial charge on any atom is 0.416 e. The van der Waals surface area contributed by atoms with Crippen LogP contribution in [0.25, 0.3) is 6.08 Å². The van der Waals surface area contributed by atoms with Crippen LogP contribution in [0.1, 0.15) is 29.2 Å². The van der Waals surface area contributed by atoms with Crippen LogP contribution in [-0.4, -0.2) is 48.8 Å². The average molecular weight is 560 g/mol. The predicted molar refractivity (Wildman–Crippen MR) is 131 cm³/mol. The third-order valence-corrected chi connectivity index (χ3v) is 6.99. The topological polar surface area (TPSA) is 63.2 Å². The lowest BCUT2D eigenvalue weighted by molar-refractivity contribution is -0.143. The summed E-state index contributed by atoms with van der Waals surface area (Å²) < 4.78 is 89.9. The quantitative estimate of drug-likeness (QED) is 0.382. The smallest absolute Gasteiger partial charge is 0.416 e. The van der Waals surface area contributed by atoms with Crippen LogP contribution in [0.3, 0.4) is 0 Å². The van der Waals surface area contributed by atoms with E-state index in [0.717, 1.165) is 25.7 Å². The number of hydrogen-bond donors (Lipinski definition) is 1. The van der Waals surface area contributed by atoms with E-state index < -0.39 is 35.6 Å². The molecule has 1 amide bonds. The Morgan fingerprint density at radius 2 is 1.87 bits per heavy atom. The molecule has 204 valence electrons. The van der Waals surface area contributed by atoms with Gasteiger partial charge in [-0.2, -0.15) is 31.3 Å². The minimum atomic E-state index is -5.00. The molecule has 2 aromatic carbocycles. The van der Waals surface area contributed by atoms with Gasteiger partial charge in [-0.25, -0.2) is 0 Å². The van der Waals surface area contributed by atoms with Crippen LogP contribution >= 0.6 is 11.8 Å². The van der Waals surface area contributed by atoms with E-state index in [1.807, 2.05) is 6.92 Å². The largest absolute Gasteiger partial charge is 0.493 e. The van der Waals surface area contributed by atoms with Gasteiger partial charge < -0.3 is 19.7 Å². The summed E-state index contributed by atoms with van der Waals surface area (Å²) in [6.45, 7) is 3.68. The molecular weight excluding hydrogens is 536 g/mol. The molecule has 2 aliphatic rings. The van der Waals surface area contributed by atoms with E-state index in [9.17, 15) is 31.1 Å². The van der Waals surface area contributed by atoms with Crippen molar-refractivity contribution in [3.05, 3.63) is 63.6 Å². The number of hydrogen-bond acceptors (Lipinski definition) is 6. The predicted octanol–water partition coefficient (Wildman–Crippen LogP) is 5.58. The molecule has 0 spiro atoms. The molecule has 1 atom stereocenters. The first-order valence-electron chi connectivity index (χ1n) is 11.4. The number of amides is 1. The summed E-state index contributed by atoms with van der Waals surface area (Å²) in [6, 6.07) is 6.15. The Hall–Kier alpha value is -3.19. The molecule has 1 unspecified atom stereocenters. The van der Waals surface area contributed by atoms with Crippen LogP contribution in [0.4, 0.5) is 26.3 Å². The Kier molecular flexibility index (Phi) is 7.98. The summed E-state index contributed by atoms with van der Waals surface area (Å²) in [4.78, 5) is 19.1. The van der Waals surface area contributed by atoms with Gasteiger partial charge in [-0.05, 0) is 54.6 Å². The second-order valence-corrected chi connectivity index (χ2v) is 9.63. The Labute approximate surface area is 218 Å². The minimum Gasteiger partial charge on any atom is -0.493 e. The van der Waals surface area contributed by atoms with Crippen LogP contribution in [0, 0.1) is 0 Å². The van der Waals surface area contributed by atoms with Crippen LogP contribution < -0.4 is 14.8 Å². The third kappa shape index (κ3) is 6.26. The number of halogens is 6. The van der Waals surface area contributed by atoms with Crippen LogP contribution in [-0.2, 0) is 23.8 Å². The lowest BCUT2D eigenvalue weighted by Crippen LogP contribution is -2.51. The molecule has 0 bridgehead atoms. The van der Waals surface area contributed by atoms with Gasteiger partial charge in [0.25, 0.3) is 5.91 Å². The molecule has 13 heteroatoms. The van der Waals surface area contributed by atoms with Gasteiger partial charge in [-0.1, -0.05) is 12.1 Å². The second-order valence-electron chi connectivity index (χ2n) is 8.62. The van der Waals surface area contributed by atoms with Crippen molar-refractivity contribution in [2.75, 3.05) is 26.7 Å². The zero-order valence-corrected chi connectivity index (χ0v) is 21.1. The van der Waals surface area contributed by atoms with E-state index in [4.69, 9.17) is 9.47 Å². The van der Waals surface area contributed by atoms with Crippen molar-refractivity contribution in [1.29, 1.82) is 0 Å². The van der Waals surface area contributed by atoms with Gasteiger partial charge in [-0.15, -0.1) is 0 Å². The molecule has 0 aliphatic carbocycles. The van der Waals surface area contributed by atoms with Gasteiger partial charge in [0.15, 0.2) is 16.7 Å². The van der Waals surface area contributed by atoms with Crippen LogP contribution in [0.15, 0.2) is 46.3 Å². The first-order chi connectivity index (χ1) is 17.9. The highest BCUT2D eigenvalue weighted by molar-refractivity contribution is 8.18. The van der Waals surface area contributed by atoms with E-state index >= 15 is 0 Å². The number of nitrogens with one attached hydrogen (secondary N) is 1. The number of alkyl halides is 6. The van der Waals surface area contributed by atoms with Crippen molar-refractivity contribution in [2.24, 2.45) is 4.99 Å². The normalized spacial score (nSPS) is 19.6. The number of aliphatic imine (C=N–C) groups is 1. The first-order valence-corrected chi connectivity index (χ1v) is 12.3. The minimum absolute atomic E-state index is 0.0684. The van der Waals surface area contributed by atoms with Crippen LogP contribution in [0.2, 0.25) is 0 Å². The maximum absolute atomic E-state index is 13.4. The van der Waals surface area contributed by atoms with Gasteiger partial charge in [0.05, 0.1) is 23.1 Å². The number of methoxy groups -OCH3 is 1. The number of nitrogens with zero attached hydrogens (tertiary/aromatic N) is 2. The summed E-state index contributed by atoms with van der Waals surface area (Å²) >= 11 is 1.26. The summed E-state index contributed by atoms with van der Waals surface area (Å²) in [7, 11) is 1.33. The Morgan fingerprint density at radius 3 is 2.53 bits per heavy atom. The molecule has 2 heterocycles. The highest BCUT2D eigenvalue weighted by Gasteiger charge is 2.38. The van der Waals surface area contributed by atoms with Gasteiger partial charge >= 0.3 is 12.4 Å². The van der Waals surface area contributed by atoms with Gasteiger partial charge in [0.1, 0.15) is 6.61 Å². The second kappa shape index (κ2) is 10.9. The van der Waals surface area contributed by atoms with Crippen molar-refractivity contribution in [2.45, 2.75) is 31.9 Å². The third-order valence-electron chi connectivity index (χ3n) is 5.97. The molecule has 2 aliphatic heterocycles. The number of thioether (sulfide) groups is 1. The monoisotopic (exact) mass is 559 g/mol. The summed E-state index contributed by atoms with van der Waals surface area (Å²) in [5, 5.41) is 3.90. The fraction of sp³-hybridized carbons (Fsp3) is 0.360. The summed E-state index contributed by atoms with van der Waals surface area (Å²) in [5.41, 5.74) is -2.72. The van der Waals surface area contributed by atoms with E-state index in [2.05, 4.69) is 15.2 Å². The van der Waals surface area contributed by atoms with Crippen molar-refractivity contribution >= 4 is 28.9 Å². The number of ether oxygens (including phenoxy) is 2. The molecular formula is C25H23F6N3O3S. The van der Waals surface area contributed by atoms with E-state index in [-0.39, 0.29) is 29.5 Å². The molecule has 1 N–H and O–H groups in total. The number of amidine groups is 1. The Morgan fingerprint density at radius 1 is 1.11 bits per heavy atom. The average Bonchev–Trinajstić information content (AvgIpc) is 3.21. The molecule has 1 fully saturated rings. The molecule has 4 rings (SSSR count). The van der Waals surface area contributed by atoms with Gasteiger partial charge in [0.2, 0.25) is 0 Å². The van der Waals surface area contributed by atoms with E-state index in [0.29, 0.717) is 21.7 Å². The van der Waals surface area contributed by atoms with Gasteiger partial charge in [-0.3, -0.25) is 4.79 Å². The Bertz CT molecular complexity index is 1280. The number of benzene rings is 2. The number of carbonyl (C=O) groups is 1. The molecule has 0 radical (unpaired) electrons. The van der Waals surface area contributed by atoms with Crippen molar-refractivity contribution in [3.8, 4) is 11.5 Å². The lowest BCUT2D eigenvalue weighted by atomic mass is 10.0.